The summed E-state index contributed by atoms with van der Waals surface area (Å²) in [5, 5.41) is 13.4. The smallest absolute Gasteiger partial charge is 0.360 e. The highest BCUT2D eigenvalue weighted by Gasteiger charge is 2.47. The van der Waals surface area contributed by atoms with Gasteiger partial charge in [0.15, 0.2) is 12.3 Å². The molecule has 2 saturated heterocycles. The SMILES string of the molecule is NC(=O)CON=C(C(=O)O)c1nc2ccccc2n(C2C[C@H]3CC[C@@H](C2)N3C2C[C@H]3CCCC[C@@H](C2)C3)c1=O. The standard InChI is InChI=1S/C29H37N5O5/c30-25(35)16-39-32-27(29(37)38)26-28(36)34(24-8-4-3-7-23(24)31-26)22-14-19-9-10-20(15-22)33(19)21-12-17-5-1-2-6-18(11-17)13-21/h3-4,7-8,17-22H,1-2,5-6,9-16H2,(H2,30,35)(H,37,38)/t17-,18+,19-,20+,21?,22?. The molecule has 4 aliphatic rings. The largest absolute Gasteiger partial charge is 0.476 e. The molecular weight excluding hydrogens is 498 g/mol. The van der Waals surface area contributed by atoms with Crippen molar-refractivity contribution < 1.29 is 19.5 Å². The van der Waals surface area contributed by atoms with Gasteiger partial charge in [0.1, 0.15) is 0 Å². The average Bonchev–Trinajstić information content (AvgIpc) is 3.06. The molecule has 3 N–H and O–H groups in total. The number of amides is 1. The first-order valence-electron chi connectivity index (χ1n) is 14.4. The van der Waals surface area contributed by atoms with Gasteiger partial charge in [0, 0.05) is 24.2 Å². The maximum Gasteiger partial charge on any atom is 0.360 e. The topological polar surface area (TPSA) is 140 Å². The van der Waals surface area contributed by atoms with Crippen molar-refractivity contribution in [2.24, 2.45) is 22.7 Å². The number of carbonyl (C=O) groups excluding carboxylic acids is 1. The van der Waals surface area contributed by atoms with E-state index in [4.69, 9.17) is 10.6 Å². The number of fused-ring (bicyclic) bond motifs is 5. The van der Waals surface area contributed by atoms with Crippen LogP contribution in [0.3, 0.4) is 0 Å². The third-order valence-corrected chi connectivity index (χ3v) is 9.49. The van der Waals surface area contributed by atoms with Gasteiger partial charge in [-0.3, -0.25) is 14.5 Å². The van der Waals surface area contributed by atoms with Crippen molar-refractivity contribution in [2.45, 2.75) is 94.8 Å². The predicted octanol–water partition coefficient (Wildman–Crippen LogP) is 3.21. The summed E-state index contributed by atoms with van der Waals surface area (Å²) in [6, 6.07) is 8.74. The van der Waals surface area contributed by atoms with Gasteiger partial charge in [-0.15, -0.1) is 0 Å². The van der Waals surface area contributed by atoms with Crippen LogP contribution in [-0.4, -0.2) is 61.9 Å². The van der Waals surface area contributed by atoms with Crippen LogP contribution in [0.1, 0.15) is 82.4 Å². The molecule has 208 valence electrons. The fourth-order valence-electron chi connectivity index (χ4n) is 8.12. The lowest BCUT2D eigenvalue weighted by molar-refractivity contribution is -0.130. The van der Waals surface area contributed by atoms with Crippen LogP contribution in [-0.2, 0) is 14.4 Å². The number of primary amides is 1. The van der Waals surface area contributed by atoms with Crippen molar-refractivity contribution in [1.82, 2.24) is 14.5 Å². The monoisotopic (exact) mass is 535 g/mol. The predicted molar refractivity (Wildman–Crippen MR) is 145 cm³/mol. The summed E-state index contributed by atoms with van der Waals surface area (Å²) < 4.78 is 1.74. The van der Waals surface area contributed by atoms with Gasteiger partial charge in [-0.05, 0) is 68.9 Å². The maximum absolute atomic E-state index is 13.9. The number of carboxylic acids is 1. The van der Waals surface area contributed by atoms with E-state index >= 15 is 0 Å². The Hall–Kier alpha value is -3.27. The second kappa shape index (κ2) is 10.7. The third-order valence-electron chi connectivity index (χ3n) is 9.49. The molecule has 39 heavy (non-hydrogen) atoms. The van der Waals surface area contributed by atoms with Crippen LogP contribution in [0.2, 0.25) is 0 Å². The first-order valence-corrected chi connectivity index (χ1v) is 14.4. The zero-order valence-corrected chi connectivity index (χ0v) is 22.2. The molecule has 3 heterocycles. The van der Waals surface area contributed by atoms with Crippen molar-refractivity contribution in [2.75, 3.05) is 6.61 Å². The highest BCUT2D eigenvalue weighted by atomic mass is 16.6. The Morgan fingerprint density at radius 1 is 0.949 bits per heavy atom. The Bertz CT molecular complexity index is 1330. The molecule has 1 aromatic carbocycles. The van der Waals surface area contributed by atoms with E-state index in [1.807, 2.05) is 18.2 Å². The zero-order valence-electron chi connectivity index (χ0n) is 22.2. The Labute approximate surface area is 227 Å². The molecule has 4 bridgehead atoms. The zero-order chi connectivity index (χ0) is 27.1. The van der Waals surface area contributed by atoms with Gasteiger partial charge in [0.2, 0.25) is 5.71 Å². The molecule has 10 heteroatoms. The molecule has 0 radical (unpaired) electrons. The van der Waals surface area contributed by atoms with Gasteiger partial charge in [-0.2, -0.15) is 0 Å². The van der Waals surface area contributed by atoms with Crippen LogP contribution >= 0.6 is 0 Å². The summed E-state index contributed by atoms with van der Waals surface area (Å²) in [6.45, 7) is -0.594. The van der Waals surface area contributed by atoms with Crippen molar-refractivity contribution in [3.8, 4) is 0 Å². The number of aliphatic carboxylic acids is 1. The molecule has 10 nitrogen and oxygen atoms in total. The first kappa shape index (κ1) is 26.0. The van der Waals surface area contributed by atoms with E-state index in [-0.39, 0.29) is 11.7 Å². The number of aromatic nitrogens is 2. The van der Waals surface area contributed by atoms with Crippen molar-refractivity contribution in [1.29, 1.82) is 0 Å². The minimum absolute atomic E-state index is 0.0645. The number of nitrogens with zero attached hydrogens (tertiary/aromatic N) is 4. The number of nitrogens with two attached hydrogens (primary N) is 1. The quantitative estimate of drug-likeness (QED) is 0.410. The molecule has 2 unspecified atom stereocenters. The number of para-hydroxylation sites is 2. The van der Waals surface area contributed by atoms with Gasteiger partial charge in [0.05, 0.1) is 11.0 Å². The van der Waals surface area contributed by atoms with E-state index in [9.17, 15) is 19.5 Å². The van der Waals surface area contributed by atoms with Gasteiger partial charge in [0.25, 0.3) is 11.5 Å². The van der Waals surface area contributed by atoms with Gasteiger partial charge in [-0.25, -0.2) is 9.78 Å². The molecule has 2 saturated carbocycles. The van der Waals surface area contributed by atoms with Crippen molar-refractivity contribution in [3.63, 3.8) is 0 Å². The minimum atomic E-state index is -1.46. The second-order valence-corrected chi connectivity index (χ2v) is 11.9. The Balaban J connectivity index is 1.33. The lowest BCUT2D eigenvalue weighted by Gasteiger charge is -2.48. The fourth-order valence-corrected chi connectivity index (χ4v) is 8.12. The highest BCUT2D eigenvalue weighted by Crippen LogP contribution is 2.47. The number of benzene rings is 1. The summed E-state index contributed by atoms with van der Waals surface area (Å²) in [4.78, 5) is 49.1. The number of hydrogen-bond acceptors (Lipinski definition) is 7. The number of piperidine rings is 1. The summed E-state index contributed by atoms with van der Waals surface area (Å²) in [5.41, 5.74) is 4.86. The molecule has 2 aromatic rings. The third kappa shape index (κ3) is 5.06. The van der Waals surface area contributed by atoms with Gasteiger partial charge in [-0.1, -0.05) is 43.0 Å². The fraction of sp³-hybridized carbons (Fsp3) is 0.621. The molecule has 2 aliphatic heterocycles. The second-order valence-electron chi connectivity index (χ2n) is 11.9. The van der Waals surface area contributed by atoms with Crippen molar-refractivity contribution >= 4 is 28.6 Å². The van der Waals surface area contributed by atoms with Crippen LogP contribution in [0.25, 0.3) is 11.0 Å². The number of oxime groups is 1. The van der Waals surface area contributed by atoms with Gasteiger partial charge < -0.3 is 20.2 Å². The lowest BCUT2D eigenvalue weighted by Crippen LogP contribution is -2.52. The van der Waals surface area contributed by atoms with Crippen LogP contribution < -0.4 is 11.3 Å². The lowest BCUT2D eigenvalue weighted by atomic mass is 9.76. The average molecular weight is 536 g/mol. The van der Waals surface area contributed by atoms with Gasteiger partial charge >= 0.3 is 5.97 Å². The molecule has 1 aromatic heterocycles. The summed E-state index contributed by atoms with van der Waals surface area (Å²) in [5.74, 6) is -0.548. The van der Waals surface area contributed by atoms with E-state index in [2.05, 4.69) is 15.0 Å². The van der Waals surface area contributed by atoms with E-state index in [1.54, 1.807) is 10.6 Å². The maximum atomic E-state index is 13.9. The Kier molecular flexibility index (Phi) is 7.14. The normalized spacial score (nSPS) is 31.1. The number of hydrogen-bond donors (Lipinski definition) is 2. The molecule has 6 rings (SSSR count). The first-order chi connectivity index (χ1) is 18.9. The van der Waals surface area contributed by atoms with Crippen LogP contribution in [0.5, 0.6) is 0 Å². The number of carbonyl (C=O) groups is 2. The van der Waals surface area contributed by atoms with Crippen LogP contribution in [0.15, 0.2) is 34.2 Å². The van der Waals surface area contributed by atoms with Crippen LogP contribution in [0, 0.1) is 11.8 Å². The minimum Gasteiger partial charge on any atom is -0.476 e. The Morgan fingerprint density at radius 3 is 2.26 bits per heavy atom. The molecule has 6 atom stereocenters. The highest BCUT2D eigenvalue weighted by molar-refractivity contribution is 6.41. The molecule has 2 aliphatic carbocycles. The number of rotatable bonds is 7. The molecule has 0 spiro atoms. The van der Waals surface area contributed by atoms with E-state index in [1.165, 1.54) is 44.9 Å². The van der Waals surface area contributed by atoms with E-state index in [0.717, 1.165) is 37.5 Å². The molecule has 1 amide bonds. The molecule has 4 fully saturated rings. The summed E-state index contributed by atoms with van der Waals surface area (Å²) in [6.07, 6.45) is 13.5. The van der Waals surface area contributed by atoms with Crippen LogP contribution in [0.4, 0.5) is 0 Å². The summed E-state index contributed by atoms with van der Waals surface area (Å²) in [7, 11) is 0. The van der Waals surface area contributed by atoms with E-state index < -0.39 is 29.8 Å². The van der Waals surface area contributed by atoms with E-state index in [0.29, 0.717) is 29.2 Å². The van der Waals surface area contributed by atoms with Crippen molar-refractivity contribution in [3.05, 3.63) is 40.3 Å². The number of carboxylic acid groups (broad SMARTS) is 1. The summed E-state index contributed by atoms with van der Waals surface area (Å²) >= 11 is 0. The molecular formula is C29H37N5O5. The Morgan fingerprint density at radius 2 is 1.62 bits per heavy atom.